The monoisotopic (exact) mass is 1400 g/mol. The standard InChI is InChI=1S/C84H52I2N6/c1-51-14-12-15-56(44-51)91-80-47-53(52-29-38-77-70(45-52)64-19-4-9-24-74(64)89(77)59-32-36-67-63-18-5-11-26-78(63)92(85)83(67)50-59)28-34-65(80)66-35-31-58(49-81(66)91)90-75-25-10-6-20-69(75)84-60(21-13-27-79(84)90)54-30-39-76-71(46-54)68-37-33-57(48-82(68)87(76)55-40-42-86-43-41-55)88-72-22-7-2-16-61(72)62-17-3-8-23-73(62)88/h2-50H,1H3. The maximum absolute atomic E-state index is 2.49. The molecule has 19 aromatic rings. The fourth-order valence-corrected chi connectivity index (χ4v) is 17.8. The Kier molecular flexibility index (Phi) is 11.4. The zero-order chi connectivity index (χ0) is 60.4. The van der Waals surface area contributed by atoms with Gasteiger partial charge in [-0.25, -0.2) is 0 Å². The van der Waals surface area contributed by atoms with Crippen LogP contribution in [0.2, 0.25) is 0 Å². The zero-order valence-electron chi connectivity index (χ0n) is 49.7. The Morgan fingerprint density at radius 3 is 1.34 bits per heavy atom. The molecular formula is C84H52I2N6. The number of allylic oxidation sites excluding steroid dienone is 3. The van der Waals surface area contributed by atoms with Gasteiger partial charge in [0.25, 0.3) is 0 Å². The van der Waals surface area contributed by atoms with Gasteiger partial charge in [0.05, 0.1) is 89.1 Å². The molecule has 0 fully saturated rings. The van der Waals surface area contributed by atoms with Crippen LogP contribution in [0.25, 0.3) is 182 Å². The lowest BCUT2D eigenvalue weighted by atomic mass is 9.98. The highest BCUT2D eigenvalue weighted by Crippen LogP contribution is 2.45. The number of fused-ring (bicyclic) bond motifs is 18. The Morgan fingerprint density at radius 2 is 0.696 bits per heavy atom. The molecule has 6 aromatic heterocycles. The van der Waals surface area contributed by atoms with E-state index < -0.39 is 0 Å². The summed E-state index contributed by atoms with van der Waals surface area (Å²) in [7, 11) is 0. The molecule has 0 atom stereocenters. The van der Waals surface area contributed by atoms with E-state index in [0.29, 0.717) is 0 Å². The van der Waals surface area contributed by atoms with Crippen LogP contribution in [0.5, 0.6) is 0 Å². The molecule has 0 N–H and O–H groups in total. The summed E-state index contributed by atoms with van der Waals surface area (Å²) in [5, 5.41) is 14.9. The van der Waals surface area contributed by atoms with Crippen LogP contribution in [0.4, 0.5) is 0 Å². The van der Waals surface area contributed by atoms with Crippen molar-refractivity contribution in [3.05, 3.63) is 295 Å². The first kappa shape index (κ1) is 52.3. The van der Waals surface area contributed by atoms with E-state index in [0.717, 1.165) is 28.3 Å². The maximum Gasteiger partial charge on any atom is 0.0646 e. The lowest BCUT2D eigenvalue weighted by Crippen LogP contribution is -1.98. The number of aromatic nitrogens is 6. The maximum atomic E-state index is 2.49. The van der Waals surface area contributed by atoms with Gasteiger partial charge < -0.3 is 22.8 Å². The second-order valence-electron chi connectivity index (χ2n) is 24.5. The SMILES string of the molecule is Cc1cccc(-n2c3cc(-c4ccc5c(c4)c4ccccc4n5-c4ccc5c6ccccc6n(I)c5c4)ccc3c3ccc(-n4c5ccccc5c5c(-c6ccc7c(c6)c6ccc(-n8c9ccccc9c9ccccc98)cc6n7C6=CC=IC=C6)cccc54)cc32)c1. The van der Waals surface area contributed by atoms with Gasteiger partial charge in [0.2, 0.25) is 0 Å². The number of rotatable bonds is 7. The Hall–Kier alpha value is -10.5. The highest BCUT2D eigenvalue weighted by Gasteiger charge is 2.24. The Balaban J connectivity index is 0.735. The summed E-state index contributed by atoms with van der Waals surface area (Å²) < 4.78 is 19.4. The molecule has 0 saturated carbocycles. The number of hydrogen-bond donors (Lipinski definition) is 0. The zero-order valence-corrected chi connectivity index (χ0v) is 54.0. The average molecular weight is 1400 g/mol. The molecule has 8 heteroatoms. The number of para-hydroxylation sites is 5. The van der Waals surface area contributed by atoms with Crippen LogP contribution in [0.3, 0.4) is 0 Å². The number of nitrogens with zero attached hydrogens (tertiary/aromatic N) is 6. The van der Waals surface area contributed by atoms with E-state index in [-0.39, 0.29) is 20.7 Å². The third-order valence-corrected chi connectivity index (χ3v) is 22.2. The first-order chi connectivity index (χ1) is 45.5. The van der Waals surface area contributed by atoms with E-state index >= 15 is 0 Å². The predicted molar refractivity (Wildman–Crippen MR) is 408 cm³/mol. The lowest BCUT2D eigenvalue weighted by molar-refractivity contribution is 1.15. The number of hydrogen-bond acceptors (Lipinski definition) is 0. The van der Waals surface area contributed by atoms with Gasteiger partial charge in [-0.3, -0.25) is 2.78 Å². The van der Waals surface area contributed by atoms with Gasteiger partial charge >= 0.3 is 0 Å². The molecule has 0 amide bonds. The van der Waals surface area contributed by atoms with Crippen molar-refractivity contribution in [2.24, 2.45) is 0 Å². The first-order valence-corrected chi connectivity index (χ1v) is 34.7. The van der Waals surface area contributed by atoms with Gasteiger partial charge in [-0.1, -0.05) is 178 Å². The van der Waals surface area contributed by atoms with Crippen molar-refractivity contribution in [1.82, 2.24) is 25.6 Å². The second-order valence-corrected chi connectivity index (χ2v) is 27.6. The van der Waals surface area contributed by atoms with Crippen LogP contribution in [0.15, 0.2) is 289 Å². The summed E-state index contributed by atoms with van der Waals surface area (Å²) in [5.74, 6) is 0. The van der Waals surface area contributed by atoms with Crippen LogP contribution < -0.4 is 0 Å². The summed E-state index contributed by atoms with van der Waals surface area (Å²) in [6.45, 7) is 2.19. The average Bonchev–Trinajstić information content (AvgIpc) is 1.60. The molecule has 1 aliphatic rings. The molecule has 20 rings (SSSR count). The van der Waals surface area contributed by atoms with Crippen LogP contribution in [-0.2, 0) is 0 Å². The molecule has 13 aromatic carbocycles. The summed E-state index contributed by atoms with van der Waals surface area (Å²) in [6.07, 6.45) is 4.65. The highest BCUT2D eigenvalue weighted by molar-refractivity contribution is 14.2. The Bertz CT molecular complexity index is 6490. The van der Waals surface area contributed by atoms with E-state index in [1.54, 1.807) is 0 Å². The van der Waals surface area contributed by atoms with Gasteiger partial charge in [0.1, 0.15) is 0 Å². The highest BCUT2D eigenvalue weighted by atomic mass is 127. The fraction of sp³-hybridized carbons (Fsp3) is 0.0119. The van der Waals surface area contributed by atoms with Crippen molar-refractivity contribution in [2.75, 3.05) is 0 Å². The molecule has 432 valence electrons. The van der Waals surface area contributed by atoms with E-state index in [2.05, 4.69) is 349 Å². The van der Waals surface area contributed by atoms with E-state index in [1.165, 1.54) is 159 Å². The minimum atomic E-state index is -0.101. The molecule has 0 spiro atoms. The molecule has 0 radical (unpaired) electrons. The van der Waals surface area contributed by atoms with Crippen molar-refractivity contribution in [1.29, 1.82) is 0 Å². The molecule has 0 bridgehead atoms. The van der Waals surface area contributed by atoms with Gasteiger partial charge in [-0.05, 0) is 170 Å². The third-order valence-electron chi connectivity index (χ3n) is 19.6. The summed E-state index contributed by atoms with van der Waals surface area (Å²) in [5.41, 5.74) is 26.0. The molecule has 1 aliphatic heterocycles. The topological polar surface area (TPSA) is 29.6 Å². The molecule has 0 aliphatic carbocycles. The van der Waals surface area contributed by atoms with Crippen LogP contribution in [-0.4, -0.2) is 29.6 Å². The van der Waals surface area contributed by atoms with Gasteiger partial charge in [0, 0.05) is 93.1 Å². The summed E-state index contributed by atoms with van der Waals surface area (Å²) in [6, 6.07) is 102. The van der Waals surface area contributed by atoms with Gasteiger partial charge in [-0.2, -0.15) is 0 Å². The molecule has 7 heterocycles. The predicted octanol–water partition coefficient (Wildman–Crippen LogP) is 23.3. The molecule has 6 nitrogen and oxygen atoms in total. The van der Waals surface area contributed by atoms with E-state index in [4.69, 9.17) is 0 Å². The Labute approximate surface area is 551 Å². The van der Waals surface area contributed by atoms with Crippen molar-refractivity contribution < 1.29 is 0 Å². The molecule has 0 unspecified atom stereocenters. The first-order valence-electron chi connectivity index (χ1n) is 31.3. The fourth-order valence-electron chi connectivity index (χ4n) is 15.6. The Morgan fingerprint density at radius 1 is 0.283 bits per heavy atom. The van der Waals surface area contributed by atoms with Crippen LogP contribution >= 0.6 is 43.6 Å². The van der Waals surface area contributed by atoms with Crippen molar-refractivity contribution in [3.8, 4) is 45.0 Å². The normalized spacial score (nSPS) is 13.0. The minimum absolute atomic E-state index is 0.101. The third kappa shape index (κ3) is 7.56. The van der Waals surface area contributed by atoms with Gasteiger partial charge in [-0.15, -0.1) is 0 Å². The molecule has 92 heavy (non-hydrogen) atoms. The second kappa shape index (κ2) is 20.0. The lowest BCUT2D eigenvalue weighted by Gasteiger charge is -2.13. The van der Waals surface area contributed by atoms with Crippen molar-refractivity contribution in [2.45, 2.75) is 6.92 Å². The summed E-state index contributed by atoms with van der Waals surface area (Å²) >= 11 is 2.36. The van der Waals surface area contributed by atoms with Crippen molar-refractivity contribution >= 4 is 184 Å². The number of aryl methyl sites for hydroxylation is 1. The van der Waals surface area contributed by atoms with Gasteiger partial charge in [0.15, 0.2) is 0 Å². The summed E-state index contributed by atoms with van der Waals surface area (Å²) in [4.78, 5) is 0. The number of halogens is 2. The largest absolute Gasteiger partial charge is 0.309 e. The van der Waals surface area contributed by atoms with Crippen molar-refractivity contribution in [3.63, 3.8) is 0 Å². The quantitative estimate of drug-likeness (QED) is 0.142. The van der Waals surface area contributed by atoms with Crippen LogP contribution in [0.1, 0.15) is 5.56 Å². The minimum Gasteiger partial charge on any atom is -0.309 e. The number of benzene rings is 13. The van der Waals surface area contributed by atoms with Crippen LogP contribution in [0, 0.1) is 6.92 Å². The molecular weight excluding hydrogens is 1350 g/mol. The van der Waals surface area contributed by atoms with E-state index in [1.807, 2.05) is 0 Å². The van der Waals surface area contributed by atoms with E-state index in [9.17, 15) is 0 Å². The smallest absolute Gasteiger partial charge is 0.0646 e. The molecule has 0 saturated heterocycles.